The highest BCUT2D eigenvalue weighted by atomic mass is 32.1. The van der Waals surface area contributed by atoms with Gasteiger partial charge < -0.3 is 10.2 Å². The monoisotopic (exact) mass is 460 g/mol. The van der Waals surface area contributed by atoms with Gasteiger partial charge in [0, 0.05) is 24.5 Å². The number of aryl methyl sites for hydroxylation is 1. The fourth-order valence-electron chi connectivity index (χ4n) is 4.37. The van der Waals surface area contributed by atoms with Crippen molar-refractivity contribution in [3.63, 3.8) is 0 Å². The third-order valence-corrected chi connectivity index (χ3v) is 7.07. The predicted octanol–water partition coefficient (Wildman–Crippen LogP) is 5.91. The fraction of sp³-hybridized carbons (Fsp3) is 0.269. The maximum atomic E-state index is 13.6. The lowest BCUT2D eigenvalue weighted by Crippen LogP contribution is -2.47. The Kier molecular flexibility index (Phi) is 6.05. The number of carbonyl (C=O) groups excluding carboxylic acids is 1. The van der Waals surface area contributed by atoms with Crippen molar-refractivity contribution < 1.29 is 9.18 Å². The first-order valence-corrected chi connectivity index (χ1v) is 12.0. The third-order valence-electron chi connectivity index (χ3n) is 6.05. The van der Waals surface area contributed by atoms with E-state index in [2.05, 4.69) is 16.4 Å². The second kappa shape index (κ2) is 9.27. The molecule has 4 aromatic rings. The van der Waals surface area contributed by atoms with Crippen molar-refractivity contribution in [2.45, 2.75) is 32.2 Å². The summed E-state index contributed by atoms with van der Waals surface area (Å²) in [7, 11) is 0. The number of halogens is 1. The number of hydrogen-bond donors (Lipinski definition) is 1. The fourth-order valence-corrected chi connectivity index (χ4v) is 5.29. The molecule has 1 aliphatic heterocycles. The van der Waals surface area contributed by atoms with Crippen LogP contribution in [0.3, 0.4) is 0 Å². The van der Waals surface area contributed by atoms with Gasteiger partial charge in [-0.25, -0.2) is 14.4 Å². The lowest BCUT2D eigenvalue weighted by atomic mass is 10.0. The van der Waals surface area contributed by atoms with E-state index in [1.54, 1.807) is 12.1 Å². The first-order valence-electron chi connectivity index (χ1n) is 11.2. The molecular weight excluding hydrogens is 435 g/mol. The first-order chi connectivity index (χ1) is 16.1. The van der Waals surface area contributed by atoms with Crippen LogP contribution in [0.2, 0.25) is 0 Å². The summed E-state index contributed by atoms with van der Waals surface area (Å²) in [6.07, 6.45) is 3.00. The van der Waals surface area contributed by atoms with Crippen molar-refractivity contribution in [2.75, 3.05) is 18.4 Å². The molecule has 1 fully saturated rings. The van der Waals surface area contributed by atoms with E-state index in [1.165, 1.54) is 23.5 Å². The number of likely N-dealkylation sites (tertiary alicyclic amines) is 1. The van der Waals surface area contributed by atoms with E-state index in [9.17, 15) is 9.18 Å². The van der Waals surface area contributed by atoms with Crippen LogP contribution in [0.5, 0.6) is 0 Å². The van der Waals surface area contributed by atoms with E-state index in [1.807, 2.05) is 42.2 Å². The lowest BCUT2D eigenvalue weighted by Gasteiger charge is -2.35. The van der Waals surface area contributed by atoms with E-state index >= 15 is 0 Å². The van der Waals surface area contributed by atoms with Crippen LogP contribution in [0.15, 0.2) is 60.7 Å². The van der Waals surface area contributed by atoms with Crippen LogP contribution in [0.25, 0.3) is 21.3 Å². The summed E-state index contributed by atoms with van der Waals surface area (Å²) in [5, 5.41) is 5.36. The van der Waals surface area contributed by atoms with Gasteiger partial charge in [0.2, 0.25) is 0 Å². The molecule has 2 aromatic carbocycles. The van der Waals surface area contributed by atoms with Gasteiger partial charge in [-0.15, -0.1) is 11.3 Å². The number of benzene rings is 2. The highest BCUT2D eigenvalue weighted by molar-refractivity contribution is 7.15. The predicted molar refractivity (Wildman–Crippen MR) is 131 cm³/mol. The van der Waals surface area contributed by atoms with E-state index in [-0.39, 0.29) is 17.8 Å². The zero-order chi connectivity index (χ0) is 22.8. The number of rotatable bonds is 5. The number of pyridine rings is 1. The average molecular weight is 461 g/mol. The Morgan fingerprint density at radius 1 is 1.09 bits per heavy atom. The molecule has 5 nitrogen and oxygen atoms in total. The Bertz CT molecular complexity index is 1290. The Balaban J connectivity index is 1.36. The molecule has 3 heterocycles. The highest BCUT2D eigenvalue weighted by Gasteiger charge is 2.31. The smallest absolute Gasteiger partial charge is 0.274 e. The van der Waals surface area contributed by atoms with Gasteiger partial charge in [-0.3, -0.25) is 4.79 Å². The average Bonchev–Trinajstić information content (AvgIpc) is 3.24. The molecule has 1 saturated heterocycles. The number of piperidine rings is 1. The Morgan fingerprint density at radius 3 is 2.76 bits per heavy atom. The zero-order valence-electron chi connectivity index (χ0n) is 18.4. The van der Waals surface area contributed by atoms with Crippen LogP contribution < -0.4 is 5.32 Å². The van der Waals surface area contributed by atoms with Crippen LogP contribution in [-0.2, 0) is 0 Å². The normalized spacial score (nSPS) is 16.2. The van der Waals surface area contributed by atoms with Gasteiger partial charge >= 0.3 is 0 Å². The summed E-state index contributed by atoms with van der Waals surface area (Å²) in [5.41, 5.74) is 2.22. The van der Waals surface area contributed by atoms with Crippen molar-refractivity contribution in [3.8, 4) is 10.4 Å². The molecule has 1 unspecified atom stereocenters. The number of hydrogen-bond acceptors (Lipinski definition) is 5. The Morgan fingerprint density at radius 2 is 1.91 bits per heavy atom. The number of fused-ring (bicyclic) bond motifs is 1. The van der Waals surface area contributed by atoms with E-state index in [0.29, 0.717) is 18.8 Å². The molecule has 168 valence electrons. The number of para-hydroxylation sites is 1. The van der Waals surface area contributed by atoms with Crippen LogP contribution >= 0.6 is 11.3 Å². The van der Waals surface area contributed by atoms with Crippen molar-refractivity contribution in [1.82, 2.24) is 14.9 Å². The number of thiazole rings is 1. The molecule has 7 heteroatoms. The largest absolute Gasteiger partial charge is 0.368 e. The molecule has 0 aliphatic carbocycles. The Labute approximate surface area is 196 Å². The van der Waals surface area contributed by atoms with Gasteiger partial charge in [0.15, 0.2) is 0 Å². The molecule has 1 aliphatic rings. The quantitative estimate of drug-likeness (QED) is 0.402. The van der Waals surface area contributed by atoms with E-state index in [4.69, 9.17) is 4.98 Å². The molecule has 33 heavy (non-hydrogen) atoms. The van der Waals surface area contributed by atoms with Gasteiger partial charge in [0.05, 0.1) is 15.4 Å². The molecule has 0 saturated carbocycles. The van der Waals surface area contributed by atoms with Gasteiger partial charge in [-0.1, -0.05) is 30.3 Å². The number of carbonyl (C=O) groups is 1. The molecule has 5 rings (SSSR count). The first kappa shape index (κ1) is 21.5. The van der Waals surface area contributed by atoms with Gasteiger partial charge in [-0.2, -0.15) is 0 Å². The second-order valence-electron chi connectivity index (χ2n) is 8.34. The van der Waals surface area contributed by atoms with Gasteiger partial charge in [0.25, 0.3) is 5.91 Å². The SMILES string of the molecule is Cc1nc(C(=O)N2CCCCC2CNc2ccc3ccccc3n2)c(-c2ccc(F)cc2)s1. The van der Waals surface area contributed by atoms with Crippen LogP contribution in [0, 0.1) is 12.7 Å². The minimum absolute atomic E-state index is 0.0580. The lowest BCUT2D eigenvalue weighted by molar-refractivity contribution is 0.0623. The van der Waals surface area contributed by atoms with Gasteiger partial charge in [-0.05, 0) is 62.1 Å². The minimum atomic E-state index is -0.294. The summed E-state index contributed by atoms with van der Waals surface area (Å²) in [6, 6.07) is 18.4. The molecule has 0 radical (unpaired) electrons. The van der Waals surface area contributed by atoms with Crippen LogP contribution in [0.4, 0.5) is 10.2 Å². The summed E-state index contributed by atoms with van der Waals surface area (Å²) >= 11 is 1.47. The maximum Gasteiger partial charge on any atom is 0.274 e. The number of nitrogens with zero attached hydrogens (tertiary/aromatic N) is 3. The summed E-state index contributed by atoms with van der Waals surface area (Å²) in [6.45, 7) is 3.23. The number of nitrogens with one attached hydrogen (secondary N) is 1. The molecule has 2 aromatic heterocycles. The topological polar surface area (TPSA) is 58.1 Å². The van der Waals surface area contributed by atoms with E-state index in [0.717, 1.165) is 51.4 Å². The van der Waals surface area contributed by atoms with Gasteiger partial charge in [0.1, 0.15) is 17.3 Å². The van der Waals surface area contributed by atoms with Crippen molar-refractivity contribution in [2.24, 2.45) is 0 Å². The summed E-state index contributed by atoms with van der Waals surface area (Å²) < 4.78 is 13.4. The number of anilines is 1. The standard InChI is InChI=1S/C26H25FN4OS/c1-17-29-24(25(33-17)19-9-12-20(27)13-10-19)26(32)31-15-5-4-7-21(31)16-28-23-14-11-18-6-2-3-8-22(18)30-23/h2-3,6,8-14,21H,4-5,7,15-16H2,1H3,(H,28,30). The molecule has 0 bridgehead atoms. The molecule has 1 atom stereocenters. The molecule has 0 spiro atoms. The maximum absolute atomic E-state index is 13.6. The highest BCUT2D eigenvalue weighted by Crippen LogP contribution is 2.32. The van der Waals surface area contributed by atoms with Crippen molar-refractivity contribution in [1.29, 1.82) is 0 Å². The Hall–Kier alpha value is -3.32. The van der Waals surface area contributed by atoms with Crippen molar-refractivity contribution >= 4 is 34.0 Å². The summed E-state index contributed by atoms with van der Waals surface area (Å²) in [4.78, 5) is 25.6. The zero-order valence-corrected chi connectivity index (χ0v) is 19.2. The summed E-state index contributed by atoms with van der Waals surface area (Å²) in [5.74, 6) is 0.456. The number of amides is 1. The number of aromatic nitrogens is 2. The molecule has 1 N–H and O–H groups in total. The second-order valence-corrected chi connectivity index (χ2v) is 9.54. The minimum Gasteiger partial charge on any atom is -0.368 e. The third kappa shape index (κ3) is 4.59. The van der Waals surface area contributed by atoms with Crippen molar-refractivity contribution in [3.05, 3.63) is 77.2 Å². The molecular formula is C26H25FN4OS. The van der Waals surface area contributed by atoms with Crippen LogP contribution in [0.1, 0.15) is 34.8 Å². The molecule has 1 amide bonds. The van der Waals surface area contributed by atoms with E-state index < -0.39 is 0 Å². The van der Waals surface area contributed by atoms with Crippen LogP contribution in [-0.4, -0.2) is 39.9 Å².